The highest BCUT2D eigenvalue weighted by Gasteiger charge is 2.23. The summed E-state index contributed by atoms with van der Waals surface area (Å²) in [6, 6.07) is 12.7. The van der Waals surface area contributed by atoms with Gasteiger partial charge in [-0.15, -0.1) is 0 Å². The molecule has 2 aromatic carbocycles. The molecule has 0 aliphatic carbocycles. The number of carbonyl (C=O) groups excluding carboxylic acids is 2. The summed E-state index contributed by atoms with van der Waals surface area (Å²) >= 11 is 0. The third kappa shape index (κ3) is 7.49. The van der Waals surface area contributed by atoms with Gasteiger partial charge in [-0.05, 0) is 73.5 Å². The summed E-state index contributed by atoms with van der Waals surface area (Å²) in [5, 5.41) is 12.6. The number of aromatic hydroxyl groups is 1. The Morgan fingerprint density at radius 3 is 2.26 bits per heavy atom. The van der Waals surface area contributed by atoms with Crippen molar-refractivity contribution in [1.82, 2.24) is 5.32 Å². The van der Waals surface area contributed by atoms with E-state index < -0.39 is 12.0 Å². The number of phenols is 1. The number of nitrogens with one attached hydrogen (secondary N) is 1. The molecule has 0 spiro atoms. The van der Waals surface area contributed by atoms with Gasteiger partial charge in [-0.25, -0.2) is 0 Å². The number of aryl methyl sites for hydroxylation is 2. The molecule has 0 radical (unpaired) electrons. The Balaban J connectivity index is 1.85. The maximum Gasteiger partial charge on any atom is 0.223 e. The van der Waals surface area contributed by atoms with E-state index in [9.17, 15) is 14.7 Å². The van der Waals surface area contributed by atoms with E-state index in [4.69, 9.17) is 11.5 Å². The number of carbonyl (C=O) groups is 2. The lowest BCUT2D eigenvalue weighted by atomic mass is 9.91. The van der Waals surface area contributed by atoms with Crippen LogP contribution in [0.5, 0.6) is 5.75 Å². The average molecular weight is 426 g/mol. The molecule has 1 amide bonds. The summed E-state index contributed by atoms with van der Waals surface area (Å²) < 4.78 is 0. The highest BCUT2D eigenvalue weighted by molar-refractivity contribution is 5.89. The van der Waals surface area contributed by atoms with Crippen molar-refractivity contribution >= 4 is 11.7 Å². The number of benzene rings is 2. The van der Waals surface area contributed by atoms with Crippen molar-refractivity contribution < 1.29 is 14.7 Å². The molecule has 0 aliphatic heterocycles. The topological polar surface area (TPSA) is 118 Å². The van der Waals surface area contributed by atoms with E-state index in [1.54, 1.807) is 19.1 Å². The zero-order valence-electron chi connectivity index (χ0n) is 18.7. The molecule has 0 aliphatic rings. The zero-order valence-corrected chi connectivity index (χ0v) is 18.7. The Kier molecular flexibility index (Phi) is 9.21. The van der Waals surface area contributed by atoms with Crippen LogP contribution in [-0.4, -0.2) is 35.9 Å². The van der Waals surface area contributed by atoms with Crippen LogP contribution in [0, 0.1) is 25.7 Å². The molecule has 0 bridgehead atoms. The first-order chi connectivity index (χ1) is 14.7. The standard InChI is InChI=1S/C25H35N3O3/c1-16-9-21(29)10-17(2)22(16)13-23(27)24(30)11-18(3)25(31)28-15-20(14-26)12-19-7-5-4-6-8-19/h4-10,18,20,23,29H,11-15,26-27H2,1-3H3,(H,28,31)/t18-,20?,23-/m0/s1. The van der Waals surface area contributed by atoms with Crippen LogP contribution in [0.2, 0.25) is 0 Å². The SMILES string of the molecule is Cc1cc(O)cc(C)c1C[C@H](N)C(=O)C[C@H](C)C(=O)NCC(CN)Cc1ccccc1. The minimum Gasteiger partial charge on any atom is -0.508 e. The van der Waals surface area contributed by atoms with Crippen molar-refractivity contribution in [3.63, 3.8) is 0 Å². The van der Waals surface area contributed by atoms with Gasteiger partial charge in [0.15, 0.2) is 5.78 Å². The molecule has 0 heterocycles. The monoisotopic (exact) mass is 425 g/mol. The normalized spacial score (nSPS) is 14.0. The first-order valence-electron chi connectivity index (χ1n) is 10.8. The van der Waals surface area contributed by atoms with Gasteiger partial charge in [-0.1, -0.05) is 37.3 Å². The van der Waals surface area contributed by atoms with Gasteiger partial charge >= 0.3 is 0 Å². The van der Waals surface area contributed by atoms with Gasteiger partial charge in [0.2, 0.25) is 5.91 Å². The van der Waals surface area contributed by atoms with Crippen LogP contribution < -0.4 is 16.8 Å². The van der Waals surface area contributed by atoms with Crippen molar-refractivity contribution in [1.29, 1.82) is 0 Å². The summed E-state index contributed by atoms with van der Waals surface area (Å²) in [4.78, 5) is 25.1. The van der Waals surface area contributed by atoms with Crippen LogP contribution in [-0.2, 0) is 22.4 Å². The molecule has 31 heavy (non-hydrogen) atoms. The predicted octanol–water partition coefficient (Wildman–Crippen LogP) is 2.41. The molecule has 1 unspecified atom stereocenters. The second kappa shape index (κ2) is 11.6. The van der Waals surface area contributed by atoms with Crippen LogP contribution >= 0.6 is 0 Å². The first kappa shape index (κ1) is 24.6. The van der Waals surface area contributed by atoms with Crippen molar-refractivity contribution in [2.45, 2.75) is 46.1 Å². The maximum atomic E-state index is 12.6. The summed E-state index contributed by atoms with van der Waals surface area (Å²) in [5.74, 6) is -0.433. The van der Waals surface area contributed by atoms with Gasteiger partial charge in [0.25, 0.3) is 0 Å². The molecule has 0 fully saturated rings. The molecule has 6 nitrogen and oxygen atoms in total. The molecular weight excluding hydrogens is 390 g/mol. The molecule has 0 aromatic heterocycles. The maximum absolute atomic E-state index is 12.6. The van der Waals surface area contributed by atoms with Gasteiger partial charge in [0.05, 0.1) is 6.04 Å². The number of nitrogens with two attached hydrogens (primary N) is 2. The first-order valence-corrected chi connectivity index (χ1v) is 10.8. The van der Waals surface area contributed by atoms with Crippen molar-refractivity contribution in [2.75, 3.05) is 13.1 Å². The molecule has 2 rings (SSSR count). The summed E-state index contributed by atoms with van der Waals surface area (Å²) in [6.07, 6.45) is 1.27. The number of ketones is 1. The van der Waals surface area contributed by atoms with Gasteiger partial charge in [-0.2, -0.15) is 0 Å². The van der Waals surface area contributed by atoms with E-state index >= 15 is 0 Å². The number of amides is 1. The average Bonchev–Trinajstić information content (AvgIpc) is 2.73. The van der Waals surface area contributed by atoms with E-state index in [1.807, 2.05) is 44.2 Å². The predicted molar refractivity (Wildman–Crippen MR) is 124 cm³/mol. The van der Waals surface area contributed by atoms with Crippen LogP contribution in [0.3, 0.4) is 0 Å². The summed E-state index contributed by atoms with van der Waals surface area (Å²) in [5.41, 5.74) is 16.0. The lowest BCUT2D eigenvalue weighted by Gasteiger charge is -2.19. The smallest absolute Gasteiger partial charge is 0.223 e. The van der Waals surface area contributed by atoms with Crippen LogP contribution in [0.15, 0.2) is 42.5 Å². The highest BCUT2D eigenvalue weighted by Crippen LogP contribution is 2.22. The van der Waals surface area contributed by atoms with Crippen molar-refractivity contribution in [3.8, 4) is 5.75 Å². The number of rotatable bonds is 11. The number of hydrogen-bond donors (Lipinski definition) is 4. The van der Waals surface area contributed by atoms with Gasteiger partial charge < -0.3 is 21.9 Å². The minimum absolute atomic E-state index is 0.0924. The molecule has 2 aromatic rings. The number of hydrogen-bond acceptors (Lipinski definition) is 5. The summed E-state index contributed by atoms with van der Waals surface area (Å²) in [6.45, 7) is 6.46. The van der Waals surface area contributed by atoms with Gasteiger partial charge in [0, 0.05) is 18.9 Å². The fourth-order valence-electron chi connectivity index (χ4n) is 3.78. The Hall–Kier alpha value is -2.70. The van der Waals surface area contributed by atoms with Crippen LogP contribution in [0.1, 0.15) is 35.6 Å². The van der Waals surface area contributed by atoms with Crippen LogP contribution in [0.4, 0.5) is 0 Å². The fourth-order valence-corrected chi connectivity index (χ4v) is 3.78. The lowest BCUT2D eigenvalue weighted by Crippen LogP contribution is -2.39. The van der Waals surface area contributed by atoms with E-state index in [2.05, 4.69) is 5.32 Å². The molecule has 0 saturated carbocycles. The second-order valence-electron chi connectivity index (χ2n) is 8.48. The molecule has 3 atom stereocenters. The Morgan fingerprint density at radius 1 is 1.06 bits per heavy atom. The van der Waals surface area contributed by atoms with Crippen molar-refractivity contribution in [3.05, 3.63) is 64.7 Å². The summed E-state index contributed by atoms with van der Waals surface area (Å²) in [7, 11) is 0. The lowest BCUT2D eigenvalue weighted by molar-refractivity contribution is -0.129. The van der Waals surface area contributed by atoms with Crippen molar-refractivity contribution in [2.24, 2.45) is 23.3 Å². The fraction of sp³-hybridized carbons (Fsp3) is 0.440. The Morgan fingerprint density at radius 2 is 1.68 bits per heavy atom. The number of Topliss-reactive ketones (excluding diaryl/α,β-unsaturated/α-hetero) is 1. The minimum atomic E-state index is -0.688. The molecule has 6 N–H and O–H groups in total. The Bertz CT molecular complexity index is 860. The van der Waals surface area contributed by atoms with Crippen LogP contribution in [0.25, 0.3) is 0 Å². The Labute approximate surface area is 185 Å². The zero-order chi connectivity index (χ0) is 23.0. The van der Waals surface area contributed by atoms with E-state index in [0.29, 0.717) is 19.5 Å². The third-order valence-electron chi connectivity index (χ3n) is 5.74. The number of phenolic OH excluding ortho intramolecular Hbond substituents is 1. The van der Waals surface area contributed by atoms with Gasteiger partial charge in [-0.3, -0.25) is 9.59 Å². The second-order valence-corrected chi connectivity index (χ2v) is 8.48. The molecule has 0 saturated heterocycles. The largest absolute Gasteiger partial charge is 0.508 e. The van der Waals surface area contributed by atoms with E-state index in [-0.39, 0.29) is 29.8 Å². The molecule has 168 valence electrons. The third-order valence-corrected chi connectivity index (χ3v) is 5.74. The highest BCUT2D eigenvalue weighted by atomic mass is 16.3. The van der Waals surface area contributed by atoms with Gasteiger partial charge in [0.1, 0.15) is 5.75 Å². The quantitative estimate of drug-likeness (QED) is 0.441. The molecular formula is C25H35N3O3. The van der Waals surface area contributed by atoms with E-state index in [1.165, 1.54) is 5.56 Å². The van der Waals surface area contributed by atoms with E-state index in [0.717, 1.165) is 23.1 Å². The molecule has 6 heteroatoms.